The van der Waals surface area contributed by atoms with Gasteiger partial charge in [0.1, 0.15) is 0 Å². The van der Waals surface area contributed by atoms with Crippen LogP contribution in [0, 0.1) is 11.8 Å². The molecule has 4 heteroatoms. The predicted octanol–water partition coefficient (Wildman–Crippen LogP) is 2.74. The maximum absolute atomic E-state index is 11.7. The summed E-state index contributed by atoms with van der Waals surface area (Å²) in [5.74, 6) is 1.68. The van der Waals surface area contributed by atoms with Gasteiger partial charge in [0.25, 0.3) is 0 Å². The molecule has 1 aliphatic carbocycles. The number of halogens is 1. The zero-order chi connectivity index (χ0) is 12.5. The lowest BCUT2D eigenvalue weighted by Crippen LogP contribution is -2.33. The van der Waals surface area contributed by atoms with Crippen LogP contribution in [0.15, 0.2) is 0 Å². The van der Waals surface area contributed by atoms with E-state index in [1.807, 2.05) is 0 Å². The summed E-state index contributed by atoms with van der Waals surface area (Å²) in [4.78, 5) is 11.7. The molecule has 0 aromatic rings. The normalized spacial score (nSPS) is 23.2. The fraction of sp³-hybridized carbons (Fsp3) is 0.929. The van der Waals surface area contributed by atoms with Gasteiger partial charge in [0, 0.05) is 19.5 Å². The van der Waals surface area contributed by atoms with Crippen molar-refractivity contribution >= 4 is 18.3 Å². The van der Waals surface area contributed by atoms with Crippen LogP contribution in [-0.4, -0.2) is 25.5 Å². The summed E-state index contributed by atoms with van der Waals surface area (Å²) >= 11 is 0. The highest BCUT2D eigenvalue weighted by Gasteiger charge is 2.20. The smallest absolute Gasteiger partial charge is 0.220 e. The molecule has 18 heavy (non-hydrogen) atoms. The van der Waals surface area contributed by atoms with E-state index in [-0.39, 0.29) is 18.3 Å². The van der Waals surface area contributed by atoms with Crippen LogP contribution in [0.4, 0.5) is 0 Å². The first-order chi connectivity index (χ1) is 8.22. The van der Waals surface area contributed by atoms with Gasteiger partial charge in [-0.3, -0.25) is 4.79 Å². The minimum Gasteiger partial charge on any atom is -0.355 e. The van der Waals surface area contributed by atoms with Crippen LogP contribution in [-0.2, 0) is 4.79 Å². The third-order valence-electron chi connectivity index (χ3n) is 3.57. The molecule has 1 rings (SSSR count). The van der Waals surface area contributed by atoms with Gasteiger partial charge in [-0.25, -0.2) is 0 Å². The Kier molecular flexibility index (Phi) is 10.5. The van der Waals surface area contributed by atoms with E-state index in [1.165, 1.54) is 25.7 Å². The summed E-state index contributed by atoms with van der Waals surface area (Å²) in [5, 5.41) is 6.29. The third kappa shape index (κ3) is 7.93. The minimum absolute atomic E-state index is 0. The molecule has 2 unspecified atom stereocenters. The van der Waals surface area contributed by atoms with Crippen LogP contribution >= 0.6 is 12.4 Å². The molecule has 0 aromatic carbocycles. The molecular formula is C14H29ClN2O. The first kappa shape index (κ1) is 17.7. The topological polar surface area (TPSA) is 41.1 Å². The number of rotatable bonds is 7. The number of amides is 1. The molecule has 1 fully saturated rings. The molecule has 0 aromatic heterocycles. The monoisotopic (exact) mass is 276 g/mol. The van der Waals surface area contributed by atoms with Crippen LogP contribution in [0.25, 0.3) is 0 Å². The fourth-order valence-electron chi connectivity index (χ4n) is 2.67. The second-order valence-corrected chi connectivity index (χ2v) is 5.44. The molecular weight excluding hydrogens is 248 g/mol. The van der Waals surface area contributed by atoms with Crippen LogP contribution in [0.3, 0.4) is 0 Å². The van der Waals surface area contributed by atoms with Crippen molar-refractivity contribution < 1.29 is 4.79 Å². The van der Waals surface area contributed by atoms with Crippen molar-refractivity contribution in [3.63, 3.8) is 0 Å². The number of nitrogens with one attached hydrogen (secondary N) is 2. The van der Waals surface area contributed by atoms with Crippen molar-refractivity contribution in [2.75, 3.05) is 19.6 Å². The quantitative estimate of drug-likeness (QED) is 0.702. The van der Waals surface area contributed by atoms with Crippen LogP contribution in [0.5, 0.6) is 0 Å². The van der Waals surface area contributed by atoms with E-state index in [0.717, 1.165) is 38.4 Å². The lowest BCUT2D eigenvalue weighted by molar-refractivity contribution is -0.122. The lowest BCUT2D eigenvalue weighted by Gasteiger charge is -2.26. The number of hydrogen-bond donors (Lipinski definition) is 2. The molecule has 1 amide bonds. The minimum atomic E-state index is 0. The summed E-state index contributed by atoms with van der Waals surface area (Å²) in [6.45, 7) is 7.15. The molecule has 0 heterocycles. The maximum atomic E-state index is 11.7. The predicted molar refractivity (Wildman–Crippen MR) is 79.2 cm³/mol. The summed E-state index contributed by atoms with van der Waals surface area (Å²) in [7, 11) is 0. The van der Waals surface area contributed by atoms with Gasteiger partial charge in [0.15, 0.2) is 0 Å². The molecule has 1 aliphatic rings. The van der Waals surface area contributed by atoms with E-state index >= 15 is 0 Å². The second kappa shape index (κ2) is 10.6. The Morgan fingerprint density at radius 1 is 1.22 bits per heavy atom. The van der Waals surface area contributed by atoms with Gasteiger partial charge >= 0.3 is 0 Å². The average Bonchev–Trinajstić information content (AvgIpc) is 2.29. The van der Waals surface area contributed by atoms with Gasteiger partial charge in [-0.15, -0.1) is 12.4 Å². The SMILES string of the molecule is CCCNCCNC(=O)CC1CCCC(C)C1.Cl. The molecule has 0 saturated heterocycles. The molecule has 3 nitrogen and oxygen atoms in total. The van der Waals surface area contributed by atoms with Gasteiger partial charge in [-0.2, -0.15) is 0 Å². The largest absolute Gasteiger partial charge is 0.355 e. The molecule has 0 radical (unpaired) electrons. The Labute approximate surface area is 118 Å². The van der Waals surface area contributed by atoms with Gasteiger partial charge in [-0.1, -0.05) is 26.7 Å². The highest BCUT2D eigenvalue weighted by Crippen LogP contribution is 2.30. The molecule has 2 atom stereocenters. The van der Waals surface area contributed by atoms with Gasteiger partial charge in [0.2, 0.25) is 5.91 Å². The average molecular weight is 277 g/mol. The summed E-state index contributed by atoms with van der Waals surface area (Å²) in [5.41, 5.74) is 0. The Balaban J connectivity index is 0.00000289. The van der Waals surface area contributed by atoms with Crippen molar-refractivity contribution in [1.29, 1.82) is 0 Å². The number of carbonyl (C=O) groups is 1. The van der Waals surface area contributed by atoms with E-state index < -0.39 is 0 Å². The van der Waals surface area contributed by atoms with E-state index in [1.54, 1.807) is 0 Å². The van der Waals surface area contributed by atoms with Crippen molar-refractivity contribution in [2.24, 2.45) is 11.8 Å². The molecule has 0 spiro atoms. The van der Waals surface area contributed by atoms with Crippen LogP contribution < -0.4 is 10.6 Å². The zero-order valence-electron chi connectivity index (χ0n) is 11.8. The molecule has 108 valence electrons. The third-order valence-corrected chi connectivity index (χ3v) is 3.57. The first-order valence-electron chi connectivity index (χ1n) is 7.19. The Morgan fingerprint density at radius 3 is 2.67 bits per heavy atom. The Bertz CT molecular complexity index is 224. The zero-order valence-corrected chi connectivity index (χ0v) is 12.7. The number of hydrogen-bond acceptors (Lipinski definition) is 2. The van der Waals surface area contributed by atoms with Crippen molar-refractivity contribution in [3.05, 3.63) is 0 Å². The van der Waals surface area contributed by atoms with Gasteiger partial charge in [-0.05, 0) is 37.6 Å². The van der Waals surface area contributed by atoms with E-state index in [0.29, 0.717) is 5.92 Å². The van der Waals surface area contributed by atoms with Crippen molar-refractivity contribution in [1.82, 2.24) is 10.6 Å². The summed E-state index contributed by atoms with van der Waals surface area (Å²) in [6.07, 6.45) is 7.01. The molecule has 2 N–H and O–H groups in total. The van der Waals surface area contributed by atoms with E-state index in [9.17, 15) is 4.79 Å². The van der Waals surface area contributed by atoms with Crippen LogP contribution in [0.2, 0.25) is 0 Å². The van der Waals surface area contributed by atoms with Crippen LogP contribution in [0.1, 0.15) is 52.4 Å². The summed E-state index contributed by atoms with van der Waals surface area (Å²) < 4.78 is 0. The second-order valence-electron chi connectivity index (χ2n) is 5.44. The highest BCUT2D eigenvalue weighted by atomic mass is 35.5. The Hall–Kier alpha value is -0.280. The molecule has 0 aliphatic heterocycles. The van der Waals surface area contributed by atoms with Gasteiger partial charge < -0.3 is 10.6 Å². The molecule has 0 bridgehead atoms. The van der Waals surface area contributed by atoms with Crippen molar-refractivity contribution in [3.8, 4) is 0 Å². The van der Waals surface area contributed by atoms with Gasteiger partial charge in [0.05, 0.1) is 0 Å². The fourth-order valence-corrected chi connectivity index (χ4v) is 2.67. The highest BCUT2D eigenvalue weighted by molar-refractivity contribution is 5.85. The maximum Gasteiger partial charge on any atom is 0.220 e. The standard InChI is InChI=1S/C14H28N2O.ClH/c1-3-7-15-8-9-16-14(17)11-13-6-4-5-12(2)10-13;/h12-13,15H,3-11H2,1-2H3,(H,16,17);1H. The van der Waals surface area contributed by atoms with E-state index in [2.05, 4.69) is 24.5 Å². The number of carbonyl (C=O) groups excluding carboxylic acids is 1. The molecule has 1 saturated carbocycles. The lowest BCUT2D eigenvalue weighted by atomic mass is 9.81. The van der Waals surface area contributed by atoms with Crippen molar-refractivity contribution in [2.45, 2.75) is 52.4 Å². The Morgan fingerprint density at radius 2 is 2.00 bits per heavy atom. The first-order valence-corrected chi connectivity index (χ1v) is 7.19. The van der Waals surface area contributed by atoms with E-state index in [4.69, 9.17) is 0 Å². The summed E-state index contributed by atoms with van der Waals surface area (Å²) in [6, 6.07) is 0.